The number of pyridine rings is 1. The third kappa shape index (κ3) is 4.78. The first-order valence-corrected chi connectivity index (χ1v) is 8.67. The lowest BCUT2D eigenvalue weighted by Crippen LogP contribution is -2.16. The second-order valence-electron chi connectivity index (χ2n) is 5.95. The highest BCUT2D eigenvalue weighted by atomic mass is 16.5. The fraction of sp³-hybridized carbons (Fsp3) is 0.200. The lowest BCUT2D eigenvalue weighted by molar-refractivity contribution is 0.161. The summed E-state index contributed by atoms with van der Waals surface area (Å²) in [4.78, 5) is 28.5. The number of nitrogens with zero attached hydrogens (tertiary/aromatic N) is 2. The molecule has 0 saturated carbocycles. The molecule has 0 bridgehead atoms. The van der Waals surface area contributed by atoms with Gasteiger partial charge in [0.1, 0.15) is 5.69 Å². The Labute approximate surface area is 156 Å². The van der Waals surface area contributed by atoms with E-state index in [2.05, 4.69) is 20.5 Å². The number of anilines is 1. The van der Waals surface area contributed by atoms with Gasteiger partial charge in [-0.15, -0.1) is 0 Å². The van der Waals surface area contributed by atoms with Gasteiger partial charge in [-0.2, -0.15) is 5.10 Å². The molecule has 3 rings (SSSR count). The number of rotatable bonds is 6. The Balaban J connectivity index is 1.79. The summed E-state index contributed by atoms with van der Waals surface area (Å²) in [5, 5.41) is 9.59. The molecule has 1 amide bonds. The third-order valence-corrected chi connectivity index (χ3v) is 3.87. The number of nitrogens with one attached hydrogen (secondary N) is 2. The summed E-state index contributed by atoms with van der Waals surface area (Å²) in [7, 11) is 0. The van der Waals surface area contributed by atoms with Crippen LogP contribution in [0.4, 0.5) is 10.5 Å². The summed E-state index contributed by atoms with van der Waals surface area (Å²) in [5.74, 6) is 0. The summed E-state index contributed by atoms with van der Waals surface area (Å²) < 4.78 is 5.01. The van der Waals surface area contributed by atoms with E-state index in [4.69, 9.17) is 4.74 Å². The van der Waals surface area contributed by atoms with Crippen molar-refractivity contribution in [2.24, 2.45) is 0 Å². The number of ether oxygens (including phenoxy) is 1. The quantitative estimate of drug-likeness (QED) is 0.699. The van der Waals surface area contributed by atoms with E-state index in [0.29, 0.717) is 30.0 Å². The molecule has 0 aliphatic heterocycles. The van der Waals surface area contributed by atoms with Crippen molar-refractivity contribution in [2.45, 2.75) is 19.8 Å². The molecule has 27 heavy (non-hydrogen) atoms. The Hall–Kier alpha value is -3.48. The number of aromatic nitrogens is 3. The maximum atomic E-state index is 12.8. The highest BCUT2D eigenvalue weighted by Crippen LogP contribution is 2.15. The molecule has 0 radical (unpaired) electrons. The monoisotopic (exact) mass is 364 g/mol. The standard InChI is InChI=1S/C20H20N4O3/c1-2-9-27-20(26)23-16-7-3-5-14(10-16)11-18-19(25)17(13-22-24-18)15-6-4-8-21-12-15/h3-8,10,12-13H,2,9,11H2,1H3,(H,22,25)(H,23,26). The first-order valence-electron chi connectivity index (χ1n) is 8.67. The Morgan fingerprint density at radius 2 is 2.15 bits per heavy atom. The number of carbonyl (C=O) groups is 1. The van der Waals surface area contributed by atoms with Crippen LogP contribution in [0.3, 0.4) is 0 Å². The fourth-order valence-corrected chi connectivity index (χ4v) is 2.60. The van der Waals surface area contributed by atoms with Crippen molar-refractivity contribution < 1.29 is 9.53 Å². The van der Waals surface area contributed by atoms with Crippen LogP contribution in [-0.4, -0.2) is 27.9 Å². The average molecular weight is 364 g/mol. The van der Waals surface area contributed by atoms with Crippen LogP contribution in [0, 0.1) is 0 Å². The summed E-state index contributed by atoms with van der Waals surface area (Å²) in [6.45, 7) is 2.30. The molecule has 0 fully saturated rings. The number of carbonyl (C=O) groups excluding carboxylic acids is 1. The van der Waals surface area contributed by atoms with Gasteiger partial charge in [0, 0.05) is 36.3 Å². The minimum Gasteiger partial charge on any atom is -0.449 e. The minimum absolute atomic E-state index is 0.150. The van der Waals surface area contributed by atoms with E-state index < -0.39 is 6.09 Å². The molecule has 1 aromatic carbocycles. The van der Waals surface area contributed by atoms with E-state index in [1.54, 1.807) is 36.8 Å². The molecule has 0 spiro atoms. The molecule has 0 unspecified atom stereocenters. The molecule has 0 aliphatic rings. The van der Waals surface area contributed by atoms with E-state index in [0.717, 1.165) is 17.5 Å². The smallest absolute Gasteiger partial charge is 0.411 e. The largest absolute Gasteiger partial charge is 0.449 e. The zero-order valence-electron chi connectivity index (χ0n) is 14.9. The molecule has 0 saturated heterocycles. The highest BCUT2D eigenvalue weighted by Gasteiger charge is 2.11. The van der Waals surface area contributed by atoms with Gasteiger partial charge in [-0.05, 0) is 30.2 Å². The molecule has 0 aliphatic carbocycles. The molecule has 2 aromatic heterocycles. The lowest BCUT2D eigenvalue weighted by Gasteiger charge is -2.08. The number of hydrogen-bond donors (Lipinski definition) is 2. The third-order valence-electron chi connectivity index (χ3n) is 3.87. The molecule has 0 atom stereocenters. The van der Waals surface area contributed by atoms with Gasteiger partial charge in [-0.3, -0.25) is 20.2 Å². The van der Waals surface area contributed by atoms with Crippen LogP contribution in [0.15, 0.2) is 59.8 Å². The molecular formula is C20H20N4O3. The number of hydrogen-bond acceptors (Lipinski definition) is 5. The van der Waals surface area contributed by atoms with Crippen molar-refractivity contribution in [1.29, 1.82) is 0 Å². The van der Waals surface area contributed by atoms with Gasteiger partial charge in [0.2, 0.25) is 5.43 Å². The lowest BCUT2D eigenvalue weighted by atomic mass is 10.0. The van der Waals surface area contributed by atoms with Crippen molar-refractivity contribution in [1.82, 2.24) is 15.2 Å². The molecule has 138 valence electrons. The highest BCUT2D eigenvalue weighted by molar-refractivity contribution is 5.84. The van der Waals surface area contributed by atoms with Gasteiger partial charge in [0.15, 0.2) is 0 Å². The predicted octanol–water partition coefficient (Wildman–Crippen LogP) is 3.38. The first kappa shape index (κ1) is 18.3. The summed E-state index contributed by atoms with van der Waals surface area (Å²) in [6.07, 6.45) is 5.47. The van der Waals surface area contributed by atoms with Crippen LogP contribution in [0.1, 0.15) is 24.6 Å². The van der Waals surface area contributed by atoms with Crippen LogP contribution in [0.25, 0.3) is 11.1 Å². The van der Waals surface area contributed by atoms with Crippen LogP contribution in [0.5, 0.6) is 0 Å². The van der Waals surface area contributed by atoms with Crippen molar-refractivity contribution in [3.63, 3.8) is 0 Å². The fourth-order valence-electron chi connectivity index (χ4n) is 2.60. The van der Waals surface area contributed by atoms with Crippen LogP contribution >= 0.6 is 0 Å². The average Bonchev–Trinajstić information content (AvgIpc) is 2.69. The van der Waals surface area contributed by atoms with Gasteiger partial charge >= 0.3 is 6.09 Å². The molecule has 2 N–H and O–H groups in total. The van der Waals surface area contributed by atoms with Gasteiger partial charge < -0.3 is 4.74 Å². The second kappa shape index (κ2) is 8.75. The molecule has 2 heterocycles. The molecule has 3 aromatic rings. The topological polar surface area (TPSA) is 97.0 Å². The Bertz CT molecular complexity index is 970. The van der Waals surface area contributed by atoms with Gasteiger partial charge in [0.25, 0.3) is 0 Å². The maximum Gasteiger partial charge on any atom is 0.411 e. The van der Waals surface area contributed by atoms with Gasteiger partial charge in [-0.1, -0.05) is 25.1 Å². The van der Waals surface area contributed by atoms with Crippen LogP contribution in [0.2, 0.25) is 0 Å². The second-order valence-corrected chi connectivity index (χ2v) is 5.95. The Kier molecular flexibility index (Phi) is 5.94. The number of amides is 1. The van der Waals surface area contributed by atoms with E-state index in [1.807, 2.05) is 25.1 Å². The van der Waals surface area contributed by atoms with Crippen molar-refractivity contribution >= 4 is 11.8 Å². The summed E-state index contributed by atoms with van der Waals surface area (Å²) in [5.41, 5.74) is 2.95. The SMILES string of the molecule is CCCOC(=O)Nc1cccc(Cc2n[nH]cc(-c3cccnc3)c2=O)c1. The normalized spacial score (nSPS) is 10.4. The summed E-state index contributed by atoms with van der Waals surface area (Å²) >= 11 is 0. The number of aromatic amines is 1. The van der Waals surface area contributed by atoms with E-state index in [9.17, 15) is 9.59 Å². The molecule has 7 heteroatoms. The van der Waals surface area contributed by atoms with E-state index in [1.165, 1.54) is 0 Å². The Morgan fingerprint density at radius 1 is 1.26 bits per heavy atom. The van der Waals surface area contributed by atoms with Crippen LogP contribution < -0.4 is 10.7 Å². The maximum absolute atomic E-state index is 12.8. The van der Waals surface area contributed by atoms with Crippen molar-refractivity contribution in [3.8, 4) is 11.1 Å². The number of H-pyrrole nitrogens is 1. The van der Waals surface area contributed by atoms with Crippen molar-refractivity contribution in [3.05, 3.63) is 76.5 Å². The number of benzene rings is 1. The zero-order chi connectivity index (χ0) is 19.1. The predicted molar refractivity (Wildman–Crippen MR) is 103 cm³/mol. The van der Waals surface area contributed by atoms with E-state index in [-0.39, 0.29) is 5.43 Å². The van der Waals surface area contributed by atoms with E-state index >= 15 is 0 Å². The van der Waals surface area contributed by atoms with Gasteiger partial charge in [0.05, 0.1) is 12.2 Å². The molecular weight excluding hydrogens is 344 g/mol. The summed E-state index contributed by atoms with van der Waals surface area (Å²) in [6, 6.07) is 10.9. The van der Waals surface area contributed by atoms with Crippen LogP contribution in [-0.2, 0) is 11.2 Å². The van der Waals surface area contributed by atoms with Crippen molar-refractivity contribution in [2.75, 3.05) is 11.9 Å². The zero-order valence-corrected chi connectivity index (χ0v) is 14.9. The minimum atomic E-state index is -0.497. The van der Waals surface area contributed by atoms with Gasteiger partial charge in [-0.25, -0.2) is 4.79 Å². The first-order chi connectivity index (χ1) is 13.2. The molecule has 7 nitrogen and oxygen atoms in total. The Morgan fingerprint density at radius 3 is 2.93 bits per heavy atom.